The minimum absolute atomic E-state index is 0.0499. The fourth-order valence-electron chi connectivity index (χ4n) is 4.19. The average molecular weight is 665 g/mol. The molecule has 12 heteroatoms. The van der Waals surface area contributed by atoms with Crippen LogP contribution in [0.25, 0.3) is 0 Å². The molecule has 0 saturated heterocycles. The van der Waals surface area contributed by atoms with Gasteiger partial charge in [0.25, 0.3) is 10.0 Å². The number of hydrogen-bond acceptors (Lipinski definition) is 6. The van der Waals surface area contributed by atoms with Crippen molar-refractivity contribution in [2.75, 3.05) is 31.6 Å². The lowest BCUT2D eigenvalue weighted by molar-refractivity contribution is -0.139. The molecule has 2 amide bonds. The molecule has 0 bridgehead atoms. The van der Waals surface area contributed by atoms with Crippen LogP contribution in [0, 0.1) is 5.82 Å². The third-order valence-corrected chi connectivity index (χ3v) is 8.84. The van der Waals surface area contributed by atoms with Crippen molar-refractivity contribution in [1.82, 2.24) is 10.2 Å². The molecule has 9 nitrogen and oxygen atoms in total. The van der Waals surface area contributed by atoms with Gasteiger partial charge in [0.15, 0.2) is 11.5 Å². The van der Waals surface area contributed by atoms with Crippen LogP contribution >= 0.6 is 15.9 Å². The predicted molar refractivity (Wildman–Crippen MR) is 163 cm³/mol. The highest BCUT2D eigenvalue weighted by atomic mass is 79.9. The van der Waals surface area contributed by atoms with Gasteiger partial charge in [0.2, 0.25) is 11.8 Å². The lowest BCUT2D eigenvalue weighted by Gasteiger charge is -2.32. The quantitative estimate of drug-likeness (QED) is 0.240. The molecule has 0 heterocycles. The number of halogens is 2. The highest BCUT2D eigenvalue weighted by Gasteiger charge is 2.33. The Kier molecular flexibility index (Phi) is 11.7. The maximum Gasteiger partial charge on any atom is 0.264 e. The number of nitrogens with one attached hydrogen (secondary N) is 1. The van der Waals surface area contributed by atoms with E-state index in [1.54, 1.807) is 13.0 Å². The first-order chi connectivity index (χ1) is 20.0. The molecule has 3 aromatic carbocycles. The van der Waals surface area contributed by atoms with Gasteiger partial charge >= 0.3 is 0 Å². The molecule has 0 unspecified atom stereocenters. The molecule has 0 aliphatic rings. The molecule has 0 aromatic heterocycles. The number of rotatable bonds is 14. The SMILES string of the molecule is CCCCNC(=O)[C@@H](C)N(Cc1cccc(Br)c1)C(=O)CN(c1ccc(F)cc1)S(=O)(=O)c1ccc(OC)c(OC)c1. The summed E-state index contributed by atoms with van der Waals surface area (Å²) >= 11 is 3.43. The van der Waals surface area contributed by atoms with E-state index in [9.17, 15) is 22.4 Å². The van der Waals surface area contributed by atoms with Gasteiger partial charge in [-0.3, -0.25) is 13.9 Å². The number of sulfonamides is 1. The van der Waals surface area contributed by atoms with Crippen molar-refractivity contribution in [1.29, 1.82) is 0 Å². The van der Waals surface area contributed by atoms with E-state index in [0.29, 0.717) is 12.3 Å². The Balaban J connectivity index is 2.04. The number of carbonyl (C=O) groups is 2. The van der Waals surface area contributed by atoms with E-state index in [2.05, 4.69) is 21.2 Å². The second-order valence-electron chi connectivity index (χ2n) is 9.48. The van der Waals surface area contributed by atoms with Crippen LogP contribution in [-0.4, -0.2) is 58.5 Å². The molecule has 0 aliphatic carbocycles. The summed E-state index contributed by atoms with van der Waals surface area (Å²) < 4.78 is 54.0. The van der Waals surface area contributed by atoms with Gasteiger partial charge in [-0.2, -0.15) is 0 Å². The lowest BCUT2D eigenvalue weighted by Crippen LogP contribution is -2.51. The summed E-state index contributed by atoms with van der Waals surface area (Å²) in [6.45, 7) is 3.45. The van der Waals surface area contributed by atoms with Crippen molar-refractivity contribution >= 4 is 43.5 Å². The first kappa shape index (κ1) is 32.9. The minimum Gasteiger partial charge on any atom is -0.493 e. The molecular weight excluding hydrogens is 629 g/mol. The van der Waals surface area contributed by atoms with Crippen molar-refractivity contribution in [2.24, 2.45) is 0 Å². The van der Waals surface area contributed by atoms with E-state index in [0.717, 1.165) is 39.3 Å². The largest absolute Gasteiger partial charge is 0.493 e. The summed E-state index contributed by atoms with van der Waals surface area (Å²) in [6, 6.07) is 15.2. The highest BCUT2D eigenvalue weighted by Crippen LogP contribution is 2.32. The summed E-state index contributed by atoms with van der Waals surface area (Å²) in [6.07, 6.45) is 1.66. The maximum absolute atomic E-state index is 14.0. The molecule has 0 aliphatic heterocycles. The molecule has 0 spiro atoms. The zero-order valence-corrected chi connectivity index (χ0v) is 26.4. The Bertz CT molecular complexity index is 1490. The number of amides is 2. The fourth-order valence-corrected chi connectivity index (χ4v) is 6.07. The van der Waals surface area contributed by atoms with Crippen LogP contribution < -0.4 is 19.1 Å². The van der Waals surface area contributed by atoms with E-state index in [-0.39, 0.29) is 28.8 Å². The number of carbonyl (C=O) groups excluding carboxylic acids is 2. The maximum atomic E-state index is 14.0. The summed E-state index contributed by atoms with van der Waals surface area (Å²) in [7, 11) is -1.57. The molecule has 0 radical (unpaired) electrons. The van der Waals surface area contributed by atoms with Gasteiger partial charge in [-0.15, -0.1) is 0 Å². The Morgan fingerprint density at radius 3 is 2.31 bits per heavy atom. The van der Waals surface area contributed by atoms with Crippen molar-refractivity contribution in [3.63, 3.8) is 0 Å². The van der Waals surface area contributed by atoms with Crippen LogP contribution in [0.3, 0.4) is 0 Å². The third kappa shape index (κ3) is 8.22. The van der Waals surface area contributed by atoms with Gasteiger partial charge < -0.3 is 19.7 Å². The molecule has 3 rings (SSSR count). The molecule has 3 aromatic rings. The van der Waals surface area contributed by atoms with Crippen LogP contribution in [0.1, 0.15) is 32.3 Å². The second kappa shape index (κ2) is 15.0. The molecule has 1 atom stereocenters. The Labute approximate surface area is 254 Å². The zero-order chi connectivity index (χ0) is 30.9. The highest BCUT2D eigenvalue weighted by molar-refractivity contribution is 9.10. The predicted octanol–water partition coefficient (Wildman–Crippen LogP) is 5.13. The average Bonchev–Trinajstić information content (AvgIpc) is 2.98. The number of anilines is 1. The minimum atomic E-state index is -4.38. The fraction of sp³-hybridized carbons (Fsp3) is 0.333. The first-order valence-electron chi connectivity index (χ1n) is 13.3. The van der Waals surface area contributed by atoms with Crippen molar-refractivity contribution < 1.29 is 31.9 Å². The van der Waals surface area contributed by atoms with Gasteiger partial charge in [0.1, 0.15) is 18.4 Å². The monoisotopic (exact) mass is 663 g/mol. The lowest BCUT2D eigenvalue weighted by atomic mass is 10.1. The number of nitrogens with zero attached hydrogens (tertiary/aromatic N) is 2. The summed E-state index contributed by atoms with van der Waals surface area (Å²) in [4.78, 5) is 28.2. The van der Waals surface area contributed by atoms with Gasteiger partial charge in [-0.25, -0.2) is 12.8 Å². The van der Waals surface area contributed by atoms with Crippen LogP contribution in [0.4, 0.5) is 10.1 Å². The van der Waals surface area contributed by atoms with E-state index in [4.69, 9.17) is 9.47 Å². The summed E-state index contributed by atoms with van der Waals surface area (Å²) in [5, 5.41) is 2.85. The normalized spacial score (nSPS) is 11.9. The van der Waals surface area contributed by atoms with E-state index in [1.165, 1.54) is 49.5 Å². The topological polar surface area (TPSA) is 105 Å². The number of hydrogen-bond donors (Lipinski definition) is 1. The Hall–Kier alpha value is -3.64. The number of methoxy groups -OCH3 is 2. The van der Waals surface area contributed by atoms with Crippen molar-refractivity contribution in [2.45, 2.75) is 44.2 Å². The molecular formula is C30H35BrFN3O6S. The van der Waals surface area contributed by atoms with Crippen LogP contribution in [0.2, 0.25) is 0 Å². The Morgan fingerprint density at radius 2 is 1.69 bits per heavy atom. The Morgan fingerprint density at radius 1 is 1.00 bits per heavy atom. The molecule has 42 heavy (non-hydrogen) atoms. The first-order valence-corrected chi connectivity index (χ1v) is 15.6. The van der Waals surface area contributed by atoms with E-state index < -0.39 is 34.3 Å². The standard InChI is InChI=1S/C30H35BrFN3O6S/c1-5-6-16-33-30(37)21(2)34(19-22-8-7-9-23(31)17-22)29(36)20-35(25-12-10-24(32)11-13-25)42(38,39)26-14-15-27(40-3)28(18-26)41-4/h7-15,17-18,21H,5-6,16,19-20H2,1-4H3,(H,33,37)/t21-/m1/s1. The number of ether oxygens (including phenoxy) is 2. The van der Waals surface area contributed by atoms with E-state index in [1.807, 2.05) is 25.1 Å². The van der Waals surface area contributed by atoms with E-state index >= 15 is 0 Å². The molecule has 226 valence electrons. The smallest absolute Gasteiger partial charge is 0.264 e. The van der Waals surface area contributed by atoms with Gasteiger partial charge in [-0.05, 0) is 67.4 Å². The zero-order valence-electron chi connectivity index (χ0n) is 24.0. The number of unbranched alkanes of at least 4 members (excludes halogenated alkanes) is 1. The third-order valence-electron chi connectivity index (χ3n) is 6.58. The molecule has 0 fully saturated rings. The molecule has 1 N–H and O–H groups in total. The van der Waals surface area contributed by atoms with Crippen molar-refractivity contribution in [3.05, 3.63) is 82.6 Å². The van der Waals surface area contributed by atoms with Crippen LogP contribution in [0.15, 0.2) is 76.1 Å². The summed E-state index contributed by atoms with van der Waals surface area (Å²) in [5.41, 5.74) is 0.809. The van der Waals surface area contributed by atoms with Crippen LogP contribution in [-0.2, 0) is 26.2 Å². The van der Waals surface area contributed by atoms with Gasteiger partial charge in [0.05, 0.1) is 24.8 Å². The number of benzene rings is 3. The summed E-state index contributed by atoms with van der Waals surface area (Å²) in [5.74, 6) is -1.05. The van der Waals surface area contributed by atoms with Crippen LogP contribution in [0.5, 0.6) is 11.5 Å². The van der Waals surface area contributed by atoms with Crippen molar-refractivity contribution in [3.8, 4) is 11.5 Å². The van der Waals surface area contributed by atoms with Gasteiger partial charge in [-0.1, -0.05) is 41.4 Å². The van der Waals surface area contributed by atoms with Gasteiger partial charge in [0, 0.05) is 23.6 Å². The second-order valence-corrected chi connectivity index (χ2v) is 12.3. The molecule has 0 saturated carbocycles.